The van der Waals surface area contributed by atoms with Gasteiger partial charge < -0.3 is 5.32 Å². The Kier molecular flexibility index (Phi) is 3.38. The first-order chi connectivity index (χ1) is 6.47. The number of hydrogen-bond acceptors (Lipinski definition) is 1. The fourth-order valence-electron chi connectivity index (χ4n) is 1.02. The second-order valence-corrected chi connectivity index (χ2v) is 3.16. The van der Waals surface area contributed by atoms with Gasteiger partial charge in [0.2, 0.25) is 0 Å². The maximum absolute atomic E-state index is 11.8. The van der Waals surface area contributed by atoms with E-state index in [-0.39, 0.29) is 6.54 Å². The number of benzene rings is 1. The van der Waals surface area contributed by atoms with Crippen molar-refractivity contribution in [2.24, 2.45) is 0 Å². The molecule has 1 aromatic carbocycles. The highest BCUT2D eigenvalue weighted by Gasteiger charge is 2.25. The van der Waals surface area contributed by atoms with Crippen molar-refractivity contribution >= 4 is 5.69 Å². The van der Waals surface area contributed by atoms with Crippen LogP contribution in [0.5, 0.6) is 0 Å². The monoisotopic (exact) mass is 203 g/mol. The van der Waals surface area contributed by atoms with Crippen LogP contribution in [0, 0.1) is 6.92 Å². The summed E-state index contributed by atoms with van der Waals surface area (Å²) in [4.78, 5) is 0. The Morgan fingerprint density at radius 1 is 1.14 bits per heavy atom. The van der Waals surface area contributed by atoms with Crippen LogP contribution >= 0.6 is 0 Å². The third-order valence-corrected chi connectivity index (χ3v) is 1.79. The molecule has 0 fully saturated rings. The molecule has 1 aromatic rings. The number of hydrogen-bond donors (Lipinski definition) is 1. The lowest BCUT2D eigenvalue weighted by Gasteiger charge is -2.08. The molecule has 0 aliphatic rings. The molecule has 0 spiro atoms. The van der Waals surface area contributed by atoms with Crippen LogP contribution in [0.25, 0.3) is 0 Å². The molecule has 0 heterocycles. The summed E-state index contributed by atoms with van der Waals surface area (Å²) in [6.07, 6.45) is -4.89. The van der Waals surface area contributed by atoms with E-state index < -0.39 is 12.6 Å². The zero-order valence-electron chi connectivity index (χ0n) is 7.86. The highest BCUT2D eigenvalue weighted by atomic mass is 19.4. The van der Waals surface area contributed by atoms with E-state index >= 15 is 0 Å². The smallest absolute Gasteiger partial charge is 0.385 e. The summed E-state index contributed by atoms with van der Waals surface area (Å²) >= 11 is 0. The predicted molar refractivity (Wildman–Crippen MR) is 50.3 cm³/mol. The van der Waals surface area contributed by atoms with Crippen LogP contribution in [0.2, 0.25) is 0 Å². The van der Waals surface area contributed by atoms with Gasteiger partial charge >= 0.3 is 6.18 Å². The van der Waals surface area contributed by atoms with E-state index in [2.05, 4.69) is 5.32 Å². The molecule has 1 rings (SSSR count). The van der Waals surface area contributed by atoms with Gasteiger partial charge in [-0.3, -0.25) is 0 Å². The van der Waals surface area contributed by atoms with E-state index in [0.29, 0.717) is 0 Å². The Morgan fingerprint density at radius 3 is 2.21 bits per heavy atom. The summed E-state index contributed by atoms with van der Waals surface area (Å²) in [6, 6.07) is 7.25. The second kappa shape index (κ2) is 4.35. The zero-order chi connectivity index (χ0) is 10.6. The Balaban J connectivity index is 2.35. The first-order valence-corrected chi connectivity index (χ1v) is 4.35. The number of rotatable bonds is 3. The van der Waals surface area contributed by atoms with Crippen molar-refractivity contribution in [1.82, 2.24) is 0 Å². The Labute approximate surface area is 80.9 Å². The minimum absolute atomic E-state index is 0.0768. The molecule has 0 aliphatic heterocycles. The van der Waals surface area contributed by atoms with Crippen molar-refractivity contribution in [3.63, 3.8) is 0 Å². The van der Waals surface area contributed by atoms with Crippen LogP contribution in [0.3, 0.4) is 0 Å². The molecule has 0 radical (unpaired) electrons. The number of alkyl halides is 3. The van der Waals surface area contributed by atoms with Crippen LogP contribution in [-0.4, -0.2) is 12.7 Å². The van der Waals surface area contributed by atoms with Gasteiger partial charge in [-0.1, -0.05) is 17.7 Å². The molecule has 14 heavy (non-hydrogen) atoms. The van der Waals surface area contributed by atoms with E-state index in [0.717, 1.165) is 11.3 Å². The molecule has 0 saturated heterocycles. The summed E-state index contributed by atoms with van der Waals surface area (Å²) in [5.74, 6) is 0. The van der Waals surface area contributed by atoms with Crippen molar-refractivity contribution in [2.75, 3.05) is 11.9 Å². The topological polar surface area (TPSA) is 12.0 Å². The van der Waals surface area contributed by atoms with Gasteiger partial charge in [0.25, 0.3) is 0 Å². The maximum Gasteiger partial charge on any atom is 0.390 e. The molecule has 0 unspecified atom stereocenters. The first-order valence-electron chi connectivity index (χ1n) is 4.35. The first kappa shape index (κ1) is 10.9. The van der Waals surface area contributed by atoms with Crippen LogP contribution in [0.1, 0.15) is 12.0 Å². The Hall–Kier alpha value is -1.19. The minimum Gasteiger partial charge on any atom is -0.385 e. The molecular weight excluding hydrogens is 191 g/mol. The standard InChI is InChI=1S/C10H12F3N/c1-8-2-4-9(5-3-8)14-7-6-10(11,12)13/h2-5,14H,6-7H2,1H3. The summed E-state index contributed by atoms with van der Waals surface area (Å²) in [7, 11) is 0. The number of aryl methyl sites for hydroxylation is 1. The van der Waals surface area contributed by atoms with E-state index in [9.17, 15) is 13.2 Å². The van der Waals surface area contributed by atoms with Crippen molar-refractivity contribution in [3.05, 3.63) is 29.8 Å². The number of halogens is 3. The molecule has 0 amide bonds. The number of nitrogens with one attached hydrogen (secondary N) is 1. The quantitative estimate of drug-likeness (QED) is 0.794. The zero-order valence-corrected chi connectivity index (χ0v) is 7.86. The van der Waals surface area contributed by atoms with E-state index in [1.54, 1.807) is 12.1 Å². The largest absolute Gasteiger partial charge is 0.390 e. The maximum atomic E-state index is 11.8. The fourth-order valence-corrected chi connectivity index (χ4v) is 1.02. The molecule has 0 atom stereocenters. The van der Waals surface area contributed by atoms with Crippen molar-refractivity contribution in [2.45, 2.75) is 19.5 Å². The highest BCUT2D eigenvalue weighted by molar-refractivity contribution is 5.44. The molecule has 0 bridgehead atoms. The normalized spacial score (nSPS) is 11.4. The van der Waals surface area contributed by atoms with Gasteiger partial charge in [-0.2, -0.15) is 13.2 Å². The van der Waals surface area contributed by atoms with Gasteiger partial charge in [0.05, 0.1) is 6.42 Å². The molecule has 0 saturated carbocycles. The third-order valence-electron chi connectivity index (χ3n) is 1.79. The van der Waals surface area contributed by atoms with E-state index in [4.69, 9.17) is 0 Å². The van der Waals surface area contributed by atoms with Crippen LogP contribution in [0.15, 0.2) is 24.3 Å². The van der Waals surface area contributed by atoms with E-state index in [1.807, 2.05) is 19.1 Å². The van der Waals surface area contributed by atoms with Crippen LogP contribution in [0.4, 0.5) is 18.9 Å². The molecule has 1 N–H and O–H groups in total. The fraction of sp³-hybridized carbons (Fsp3) is 0.400. The van der Waals surface area contributed by atoms with Crippen molar-refractivity contribution < 1.29 is 13.2 Å². The van der Waals surface area contributed by atoms with Gasteiger partial charge in [-0.15, -0.1) is 0 Å². The highest BCUT2D eigenvalue weighted by Crippen LogP contribution is 2.19. The molecule has 0 aromatic heterocycles. The lowest BCUT2D eigenvalue weighted by molar-refractivity contribution is -0.131. The van der Waals surface area contributed by atoms with Crippen molar-refractivity contribution in [1.29, 1.82) is 0 Å². The molecular formula is C10H12F3N. The third kappa shape index (κ3) is 4.16. The molecule has 78 valence electrons. The van der Waals surface area contributed by atoms with Crippen LogP contribution < -0.4 is 5.32 Å². The second-order valence-electron chi connectivity index (χ2n) is 3.16. The van der Waals surface area contributed by atoms with Gasteiger partial charge in [0, 0.05) is 12.2 Å². The average molecular weight is 203 g/mol. The van der Waals surface area contributed by atoms with Gasteiger partial charge in [-0.25, -0.2) is 0 Å². The molecule has 0 aliphatic carbocycles. The van der Waals surface area contributed by atoms with E-state index in [1.165, 1.54) is 0 Å². The SMILES string of the molecule is Cc1ccc(NCCC(F)(F)F)cc1. The summed E-state index contributed by atoms with van der Waals surface area (Å²) in [5.41, 5.74) is 1.81. The minimum atomic E-state index is -4.09. The average Bonchev–Trinajstić information content (AvgIpc) is 2.06. The van der Waals surface area contributed by atoms with Gasteiger partial charge in [-0.05, 0) is 19.1 Å². The van der Waals surface area contributed by atoms with Crippen LogP contribution in [-0.2, 0) is 0 Å². The summed E-state index contributed by atoms with van der Waals surface area (Å²) < 4.78 is 35.3. The number of anilines is 1. The lowest BCUT2D eigenvalue weighted by Crippen LogP contribution is -2.14. The molecule has 4 heteroatoms. The van der Waals surface area contributed by atoms with Gasteiger partial charge in [0.1, 0.15) is 0 Å². The lowest BCUT2D eigenvalue weighted by atomic mass is 10.2. The summed E-state index contributed by atoms with van der Waals surface area (Å²) in [5, 5.41) is 2.71. The Bertz CT molecular complexity index is 276. The van der Waals surface area contributed by atoms with Crippen molar-refractivity contribution in [3.8, 4) is 0 Å². The Morgan fingerprint density at radius 2 is 1.71 bits per heavy atom. The summed E-state index contributed by atoms with van der Waals surface area (Å²) in [6.45, 7) is 1.85. The predicted octanol–water partition coefficient (Wildman–Crippen LogP) is 3.36. The molecule has 1 nitrogen and oxygen atoms in total. The van der Waals surface area contributed by atoms with Gasteiger partial charge in [0.15, 0.2) is 0 Å².